The lowest BCUT2D eigenvalue weighted by atomic mass is 10.0. The zero-order valence-electron chi connectivity index (χ0n) is 17.0. The van der Waals surface area contributed by atoms with Crippen LogP contribution >= 0.6 is 0 Å². The normalized spacial score (nSPS) is 18.1. The number of amidine groups is 1. The first-order valence-corrected chi connectivity index (χ1v) is 11.8. The minimum absolute atomic E-state index is 0.0336. The third-order valence-corrected chi connectivity index (χ3v) is 6.89. The van der Waals surface area contributed by atoms with Gasteiger partial charge in [-0.15, -0.1) is 4.40 Å². The molecule has 30 heavy (non-hydrogen) atoms. The molecule has 2 aliphatic rings. The van der Waals surface area contributed by atoms with Crippen LogP contribution in [0.2, 0.25) is 0 Å². The summed E-state index contributed by atoms with van der Waals surface area (Å²) in [6.45, 7) is 3.80. The van der Waals surface area contributed by atoms with E-state index in [0.717, 1.165) is 30.9 Å². The van der Waals surface area contributed by atoms with Gasteiger partial charge in [0.15, 0.2) is 0 Å². The van der Waals surface area contributed by atoms with Gasteiger partial charge in [0.05, 0.1) is 6.61 Å². The summed E-state index contributed by atoms with van der Waals surface area (Å²) in [5.74, 6) is 0.886. The Morgan fingerprint density at radius 2 is 1.87 bits per heavy atom. The molecule has 0 saturated carbocycles. The van der Waals surface area contributed by atoms with Crippen LogP contribution in [0.1, 0.15) is 42.4 Å². The van der Waals surface area contributed by atoms with E-state index < -0.39 is 10.0 Å². The van der Waals surface area contributed by atoms with Gasteiger partial charge in [-0.25, -0.2) is 0 Å². The Bertz CT molecular complexity index is 1060. The number of hydrogen-bond acceptors (Lipinski definition) is 6. The van der Waals surface area contributed by atoms with Gasteiger partial charge in [0.1, 0.15) is 16.5 Å². The zero-order valence-corrected chi connectivity index (χ0v) is 17.8. The Kier molecular flexibility index (Phi) is 5.97. The van der Waals surface area contributed by atoms with Crippen molar-refractivity contribution in [2.75, 3.05) is 25.4 Å². The van der Waals surface area contributed by atoms with E-state index in [0.29, 0.717) is 30.7 Å². The minimum Gasteiger partial charge on any atom is -0.494 e. The monoisotopic (exact) mass is 428 g/mol. The highest BCUT2D eigenvalue weighted by atomic mass is 32.2. The van der Waals surface area contributed by atoms with Crippen molar-refractivity contribution < 1.29 is 13.2 Å². The Balaban J connectivity index is 1.35. The molecule has 1 saturated heterocycles. The highest BCUT2D eigenvalue weighted by molar-refractivity contribution is 7.90. The molecule has 0 radical (unpaired) electrons. The molecule has 2 aromatic rings. The fourth-order valence-corrected chi connectivity index (χ4v) is 5.40. The Labute approximate surface area is 177 Å². The van der Waals surface area contributed by atoms with E-state index in [-0.39, 0.29) is 10.7 Å². The van der Waals surface area contributed by atoms with Crippen LogP contribution in [-0.4, -0.2) is 38.8 Å². The van der Waals surface area contributed by atoms with Gasteiger partial charge in [0, 0.05) is 17.8 Å². The second-order valence-electron chi connectivity index (χ2n) is 7.94. The van der Waals surface area contributed by atoms with Gasteiger partial charge in [0.2, 0.25) is 0 Å². The third-order valence-electron chi connectivity index (χ3n) is 5.57. The number of nitrogen functional groups attached to an aromatic ring is 1. The number of rotatable bonds is 7. The van der Waals surface area contributed by atoms with Crippen LogP contribution in [0.4, 0.5) is 5.69 Å². The lowest BCUT2D eigenvalue weighted by molar-refractivity contribution is 0.220. The van der Waals surface area contributed by atoms with E-state index in [1.165, 1.54) is 30.9 Å². The van der Waals surface area contributed by atoms with Gasteiger partial charge >= 0.3 is 0 Å². The van der Waals surface area contributed by atoms with Crippen LogP contribution in [0.15, 0.2) is 45.7 Å². The fourth-order valence-electron chi connectivity index (χ4n) is 4.17. The van der Waals surface area contributed by atoms with Crippen LogP contribution in [0.25, 0.3) is 0 Å². The van der Waals surface area contributed by atoms with Crippen molar-refractivity contribution in [3.8, 4) is 5.75 Å². The van der Waals surface area contributed by atoms with Crippen LogP contribution in [0.3, 0.4) is 0 Å². The predicted octanol–water partition coefficient (Wildman–Crippen LogP) is 2.67. The highest BCUT2D eigenvalue weighted by Gasteiger charge is 2.30. The van der Waals surface area contributed by atoms with Gasteiger partial charge in [-0.3, -0.25) is 4.90 Å². The summed E-state index contributed by atoms with van der Waals surface area (Å²) in [4.78, 5) is 2.59. The number of fused-ring (bicyclic) bond motifs is 1. The number of nitrogens with two attached hydrogens (primary N) is 2. The van der Waals surface area contributed by atoms with Gasteiger partial charge < -0.3 is 16.2 Å². The lowest BCUT2D eigenvalue weighted by Gasteiger charge is -2.26. The number of aryl methyl sites for hydroxylation is 1. The molecule has 7 nitrogen and oxygen atoms in total. The molecule has 0 amide bonds. The summed E-state index contributed by atoms with van der Waals surface area (Å²) < 4.78 is 33.8. The number of ether oxygens (including phenoxy) is 1. The molecule has 2 heterocycles. The standard InChI is InChI=1S/C22H28N4O3S/c23-18-13-17(21-20(14-18)30(27,28)25-22(21)24)7-5-11-29-19-8-4-6-16(12-19)15-26-9-2-1-3-10-26/h4,6,8,12-14H,1-3,5,7,9-11,15,23H2,(H2,24,25). The maximum Gasteiger partial charge on any atom is 0.285 e. The molecule has 0 bridgehead atoms. The largest absolute Gasteiger partial charge is 0.494 e. The first-order valence-electron chi connectivity index (χ1n) is 10.4. The summed E-state index contributed by atoms with van der Waals surface area (Å²) in [6.07, 6.45) is 5.20. The van der Waals surface area contributed by atoms with Crippen LogP contribution in [0, 0.1) is 0 Å². The topological polar surface area (TPSA) is 111 Å². The molecule has 4 N–H and O–H groups in total. The maximum absolute atomic E-state index is 12.1. The smallest absolute Gasteiger partial charge is 0.285 e. The summed E-state index contributed by atoms with van der Waals surface area (Å²) >= 11 is 0. The van der Waals surface area contributed by atoms with Crippen LogP contribution in [0.5, 0.6) is 5.75 Å². The highest BCUT2D eigenvalue weighted by Crippen LogP contribution is 2.31. The first-order chi connectivity index (χ1) is 14.4. The first kappa shape index (κ1) is 20.7. The summed E-state index contributed by atoms with van der Waals surface area (Å²) in [7, 11) is -3.74. The average molecular weight is 429 g/mol. The van der Waals surface area contributed by atoms with E-state index in [1.54, 1.807) is 6.07 Å². The maximum atomic E-state index is 12.1. The van der Waals surface area contributed by atoms with Crippen molar-refractivity contribution in [2.45, 2.75) is 43.5 Å². The van der Waals surface area contributed by atoms with Crippen molar-refractivity contribution in [1.29, 1.82) is 0 Å². The predicted molar refractivity (Wildman–Crippen MR) is 118 cm³/mol. The van der Waals surface area contributed by atoms with E-state index >= 15 is 0 Å². The van der Waals surface area contributed by atoms with Crippen molar-refractivity contribution >= 4 is 21.5 Å². The SMILES string of the molecule is NC1=NS(=O)(=O)c2cc(N)cc(CCCOc3cccc(CN4CCCCC4)c3)c21. The quantitative estimate of drug-likeness (QED) is 0.518. The van der Waals surface area contributed by atoms with E-state index in [1.807, 2.05) is 12.1 Å². The average Bonchev–Trinajstić information content (AvgIpc) is 2.94. The number of hydrogen-bond donors (Lipinski definition) is 2. The second kappa shape index (κ2) is 8.65. The molecule has 2 aliphatic heterocycles. The summed E-state index contributed by atoms with van der Waals surface area (Å²) in [5.41, 5.74) is 14.7. The van der Waals surface area contributed by atoms with Crippen molar-refractivity contribution in [3.63, 3.8) is 0 Å². The number of nitrogens with zero attached hydrogens (tertiary/aromatic N) is 2. The van der Waals surface area contributed by atoms with E-state index in [2.05, 4.69) is 21.4 Å². The number of sulfonamides is 1. The lowest BCUT2D eigenvalue weighted by Crippen LogP contribution is -2.29. The molecule has 8 heteroatoms. The Hall–Kier alpha value is -2.58. The van der Waals surface area contributed by atoms with Gasteiger partial charge in [-0.1, -0.05) is 18.6 Å². The Morgan fingerprint density at radius 3 is 2.67 bits per heavy atom. The fraction of sp³-hybridized carbons (Fsp3) is 0.409. The number of likely N-dealkylation sites (tertiary alicyclic amines) is 1. The molecule has 0 aliphatic carbocycles. The number of benzene rings is 2. The minimum atomic E-state index is -3.74. The molecule has 0 unspecified atom stereocenters. The van der Waals surface area contributed by atoms with Crippen molar-refractivity contribution in [1.82, 2.24) is 4.90 Å². The number of anilines is 1. The van der Waals surface area contributed by atoms with E-state index in [9.17, 15) is 8.42 Å². The molecule has 0 atom stereocenters. The molecule has 2 aromatic carbocycles. The molecular formula is C22H28N4O3S. The van der Waals surface area contributed by atoms with Crippen molar-refractivity contribution in [2.24, 2.45) is 10.1 Å². The van der Waals surface area contributed by atoms with Gasteiger partial charge in [-0.05, 0) is 74.2 Å². The second-order valence-corrected chi connectivity index (χ2v) is 9.51. The van der Waals surface area contributed by atoms with Gasteiger partial charge in [0.25, 0.3) is 10.0 Å². The molecule has 4 rings (SSSR count). The zero-order chi connectivity index (χ0) is 21.1. The number of piperidine rings is 1. The molecular weight excluding hydrogens is 400 g/mol. The van der Waals surface area contributed by atoms with Gasteiger partial charge in [-0.2, -0.15) is 8.42 Å². The Morgan fingerprint density at radius 1 is 1.07 bits per heavy atom. The third kappa shape index (κ3) is 4.60. The van der Waals surface area contributed by atoms with Crippen LogP contribution < -0.4 is 16.2 Å². The molecule has 1 fully saturated rings. The molecule has 0 spiro atoms. The van der Waals surface area contributed by atoms with Crippen molar-refractivity contribution in [3.05, 3.63) is 53.1 Å². The van der Waals surface area contributed by atoms with E-state index in [4.69, 9.17) is 16.2 Å². The summed E-state index contributed by atoms with van der Waals surface area (Å²) in [6, 6.07) is 11.4. The summed E-state index contributed by atoms with van der Waals surface area (Å²) in [5, 5.41) is 0. The molecule has 160 valence electrons. The van der Waals surface area contributed by atoms with Crippen LogP contribution in [-0.2, 0) is 23.0 Å². The molecule has 0 aromatic heterocycles.